The van der Waals surface area contributed by atoms with E-state index < -0.39 is 10.0 Å². The van der Waals surface area contributed by atoms with Crippen molar-refractivity contribution in [3.8, 4) is 5.75 Å². The molecule has 1 fully saturated rings. The van der Waals surface area contributed by atoms with Crippen molar-refractivity contribution in [1.29, 1.82) is 0 Å². The van der Waals surface area contributed by atoms with Crippen molar-refractivity contribution in [2.45, 2.75) is 30.6 Å². The number of carbonyl (C=O) groups excluding carboxylic acids is 1. The van der Waals surface area contributed by atoms with Crippen molar-refractivity contribution < 1.29 is 17.9 Å². The number of hydrogen-bond donors (Lipinski definition) is 1. The van der Waals surface area contributed by atoms with Crippen LogP contribution in [0.4, 0.5) is 5.69 Å². The molecule has 0 bridgehead atoms. The lowest BCUT2D eigenvalue weighted by molar-refractivity contribution is -0.116. The molecule has 0 aliphatic carbocycles. The van der Waals surface area contributed by atoms with E-state index in [1.807, 2.05) is 17.5 Å². The maximum atomic E-state index is 12.7. The number of hydrogen-bond acceptors (Lipinski definition) is 5. The summed E-state index contributed by atoms with van der Waals surface area (Å²) in [6.45, 7) is 1.08. The minimum Gasteiger partial charge on any atom is -0.495 e. The first kappa shape index (κ1) is 18.9. The Kier molecular flexibility index (Phi) is 5.95. The first-order valence-corrected chi connectivity index (χ1v) is 10.8. The normalized spacial score (nSPS) is 15.1. The van der Waals surface area contributed by atoms with Gasteiger partial charge in [0.2, 0.25) is 15.9 Å². The molecule has 140 valence electrons. The van der Waals surface area contributed by atoms with Crippen LogP contribution in [0.1, 0.15) is 24.1 Å². The highest BCUT2D eigenvalue weighted by Crippen LogP contribution is 2.30. The van der Waals surface area contributed by atoms with Gasteiger partial charge in [-0.05, 0) is 48.9 Å². The average Bonchev–Trinajstić information content (AvgIpc) is 3.33. The maximum absolute atomic E-state index is 12.7. The Labute approximate surface area is 157 Å². The fourth-order valence-electron chi connectivity index (χ4n) is 2.93. The molecular formula is C18H22N2O4S2. The van der Waals surface area contributed by atoms with Crippen LogP contribution in [0.2, 0.25) is 0 Å². The summed E-state index contributed by atoms with van der Waals surface area (Å²) in [5.74, 6) is 0.266. The molecule has 1 aromatic carbocycles. The average molecular weight is 395 g/mol. The van der Waals surface area contributed by atoms with E-state index in [0.29, 0.717) is 37.4 Å². The Bertz CT molecular complexity index is 857. The summed E-state index contributed by atoms with van der Waals surface area (Å²) in [7, 11) is -2.05. The Morgan fingerprint density at radius 1 is 1.27 bits per heavy atom. The molecule has 1 N–H and O–H groups in total. The molecule has 0 spiro atoms. The summed E-state index contributed by atoms with van der Waals surface area (Å²) >= 11 is 1.61. The molecule has 26 heavy (non-hydrogen) atoms. The van der Waals surface area contributed by atoms with Crippen molar-refractivity contribution in [1.82, 2.24) is 4.31 Å². The first-order chi connectivity index (χ1) is 12.5. The minimum absolute atomic E-state index is 0.174. The molecule has 1 saturated heterocycles. The van der Waals surface area contributed by atoms with Gasteiger partial charge in [-0.25, -0.2) is 8.42 Å². The van der Waals surface area contributed by atoms with Crippen LogP contribution in [0.15, 0.2) is 40.6 Å². The number of carbonyl (C=O) groups is 1. The number of nitrogens with zero attached hydrogens (tertiary/aromatic N) is 1. The molecule has 1 aliphatic heterocycles. The van der Waals surface area contributed by atoms with Gasteiger partial charge in [0, 0.05) is 24.4 Å². The highest BCUT2D eigenvalue weighted by atomic mass is 32.2. The number of benzene rings is 1. The van der Waals surface area contributed by atoms with E-state index >= 15 is 0 Å². The van der Waals surface area contributed by atoms with Crippen LogP contribution >= 0.6 is 11.3 Å². The topological polar surface area (TPSA) is 75.7 Å². The molecule has 8 heteroatoms. The number of thiophene rings is 1. The molecule has 1 aliphatic rings. The van der Waals surface area contributed by atoms with Gasteiger partial charge >= 0.3 is 0 Å². The van der Waals surface area contributed by atoms with E-state index in [1.54, 1.807) is 17.4 Å². The number of rotatable bonds is 7. The van der Waals surface area contributed by atoms with Crippen LogP contribution in [0.3, 0.4) is 0 Å². The number of nitrogens with one attached hydrogen (secondary N) is 1. The Hall–Kier alpha value is -1.90. The molecular weight excluding hydrogens is 372 g/mol. The Balaban J connectivity index is 1.76. The number of amides is 1. The van der Waals surface area contributed by atoms with E-state index in [4.69, 9.17) is 4.74 Å². The fraction of sp³-hybridized carbons (Fsp3) is 0.389. The van der Waals surface area contributed by atoms with E-state index in [2.05, 4.69) is 5.32 Å². The maximum Gasteiger partial charge on any atom is 0.243 e. The third kappa shape index (κ3) is 4.25. The zero-order chi connectivity index (χ0) is 18.6. The van der Waals surface area contributed by atoms with Gasteiger partial charge in [0.05, 0.1) is 17.7 Å². The van der Waals surface area contributed by atoms with Gasteiger partial charge in [-0.1, -0.05) is 6.07 Å². The van der Waals surface area contributed by atoms with Gasteiger partial charge in [0.15, 0.2) is 0 Å². The van der Waals surface area contributed by atoms with E-state index in [0.717, 1.165) is 17.7 Å². The van der Waals surface area contributed by atoms with Gasteiger partial charge in [-0.15, -0.1) is 11.3 Å². The van der Waals surface area contributed by atoms with Gasteiger partial charge in [-0.2, -0.15) is 4.31 Å². The summed E-state index contributed by atoms with van der Waals surface area (Å²) in [4.78, 5) is 13.6. The minimum atomic E-state index is -3.54. The van der Waals surface area contributed by atoms with Gasteiger partial charge in [0.25, 0.3) is 0 Å². The summed E-state index contributed by atoms with van der Waals surface area (Å²) in [6, 6.07) is 8.52. The predicted octanol–water partition coefficient (Wildman–Crippen LogP) is 3.11. The molecule has 0 unspecified atom stereocenters. The zero-order valence-corrected chi connectivity index (χ0v) is 16.2. The summed E-state index contributed by atoms with van der Waals surface area (Å²) in [5.41, 5.74) is 0.379. The Morgan fingerprint density at radius 3 is 2.69 bits per heavy atom. The smallest absolute Gasteiger partial charge is 0.243 e. The van der Waals surface area contributed by atoms with E-state index in [9.17, 15) is 13.2 Å². The van der Waals surface area contributed by atoms with Crippen molar-refractivity contribution in [2.75, 3.05) is 25.5 Å². The monoisotopic (exact) mass is 394 g/mol. The number of aryl methyl sites for hydroxylation is 1. The lowest BCUT2D eigenvalue weighted by Crippen LogP contribution is -2.28. The van der Waals surface area contributed by atoms with Crippen LogP contribution in [-0.4, -0.2) is 38.8 Å². The molecule has 2 aromatic rings. The Morgan fingerprint density at radius 2 is 2.04 bits per heavy atom. The predicted molar refractivity (Wildman–Crippen MR) is 102 cm³/mol. The van der Waals surface area contributed by atoms with Crippen LogP contribution in [0, 0.1) is 0 Å². The molecule has 0 saturated carbocycles. The molecule has 1 aromatic heterocycles. The molecule has 1 amide bonds. The van der Waals surface area contributed by atoms with Crippen molar-refractivity contribution >= 4 is 33.0 Å². The number of anilines is 1. The number of methoxy groups -OCH3 is 1. The second-order valence-electron chi connectivity index (χ2n) is 6.10. The quantitative estimate of drug-likeness (QED) is 0.783. The lowest BCUT2D eigenvalue weighted by Gasteiger charge is -2.17. The fourth-order valence-corrected chi connectivity index (χ4v) is 5.18. The highest BCUT2D eigenvalue weighted by molar-refractivity contribution is 7.89. The van der Waals surface area contributed by atoms with E-state index in [-0.39, 0.29) is 10.8 Å². The second-order valence-corrected chi connectivity index (χ2v) is 9.07. The molecule has 0 atom stereocenters. The van der Waals surface area contributed by atoms with Crippen LogP contribution in [-0.2, 0) is 21.2 Å². The van der Waals surface area contributed by atoms with Gasteiger partial charge in [0.1, 0.15) is 5.75 Å². The van der Waals surface area contributed by atoms with Gasteiger partial charge in [-0.3, -0.25) is 4.79 Å². The summed E-state index contributed by atoms with van der Waals surface area (Å²) < 4.78 is 32.2. The molecule has 3 rings (SSSR count). The van der Waals surface area contributed by atoms with Crippen molar-refractivity contribution in [3.63, 3.8) is 0 Å². The summed E-state index contributed by atoms with van der Waals surface area (Å²) in [6.07, 6.45) is 2.73. The molecule has 0 radical (unpaired) electrons. The first-order valence-electron chi connectivity index (χ1n) is 8.51. The number of ether oxygens (including phenoxy) is 1. The van der Waals surface area contributed by atoms with Crippen LogP contribution in [0.25, 0.3) is 0 Å². The van der Waals surface area contributed by atoms with E-state index in [1.165, 1.54) is 23.5 Å². The second kappa shape index (κ2) is 8.20. The van der Waals surface area contributed by atoms with Gasteiger partial charge < -0.3 is 10.1 Å². The molecule has 6 nitrogen and oxygen atoms in total. The third-order valence-electron chi connectivity index (χ3n) is 4.33. The van der Waals surface area contributed by atoms with Crippen LogP contribution in [0.5, 0.6) is 5.75 Å². The third-order valence-corrected chi connectivity index (χ3v) is 7.16. The number of sulfonamides is 1. The SMILES string of the molecule is COc1ccc(S(=O)(=O)N2CCCC2)cc1NC(=O)CCc1cccs1. The zero-order valence-electron chi connectivity index (χ0n) is 14.6. The lowest BCUT2D eigenvalue weighted by atomic mass is 10.2. The summed E-state index contributed by atoms with van der Waals surface area (Å²) in [5, 5.41) is 4.76. The standard InChI is InChI=1S/C18H22N2O4S2/c1-24-17-8-7-15(26(22,23)20-10-2-3-11-20)13-16(17)19-18(21)9-6-14-5-4-12-25-14/h4-5,7-8,12-13H,2-3,6,9-11H2,1H3,(H,19,21). The van der Waals surface area contributed by atoms with Crippen molar-refractivity contribution in [3.05, 3.63) is 40.6 Å². The largest absolute Gasteiger partial charge is 0.495 e. The van der Waals surface area contributed by atoms with Crippen LogP contribution < -0.4 is 10.1 Å². The highest BCUT2D eigenvalue weighted by Gasteiger charge is 2.28. The molecule has 2 heterocycles. The van der Waals surface area contributed by atoms with Crippen molar-refractivity contribution in [2.24, 2.45) is 0 Å².